The summed E-state index contributed by atoms with van der Waals surface area (Å²) in [5.41, 5.74) is 5.33. The number of hydrogen-bond acceptors (Lipinski definition) is 9. The highest BCUT2D eigenvalue weighted by molar-refractivity contribution is 7.47. The van der Waals surface area contributed by atoms with Crippen LogP contribution in [0.4, 0.5) is 0 Å². The lowest BCUT2D eigenvalue weighted by molar-refractivity contribution is -0.161. The number of rotatable bonds is 39. The number of carbonyl (C=O) groups excluding carboxylic acids is 2. The van der Waals surface area contributed by atoms with Crippen LogP contribution in [0.5, 0.6) is 0 Å². The highest BCUT2D eigenvalue weighted by Gasteiger charge is 2.25. The van der Waals surface area contributed by atoms with E-state index in [1.54, 1.807) is 0 Å². The van der Waals surface area contributed by atoms with Gasteiger partial charge in [-0.1, -0.05) is 172 Å². The van der Waals surface area contributed by atoms with Crippen molar-refractivity contribution in [1.82, 2.24) is 0 Å². The van der Waals surface area contributed by atoms with Crippen LogP contribution in [0, 0.1) is 0 Å². The monoisotopic (exact) mass is 784 g/mol. The number of unbranched alkanes of at least 4 members (excludes halogenated alkanes) is 17. The normalized spacial score (nSPS) is 14.4. The van der Waals surface area contributed by atoms with Crippen LogP contribution in [0.3, 0.4) is 0 Å². The van der Waals surface area contributed by atoms with Gasteiger partial charge >= 0.3 is 19.8 Å². The number of carbonyl (C=O) groups is 2. The summed E-state index contributed by atoms with van der Waals surface area (Å²) < 4.78 is 32.7. The Morgan fingerprint density at radius 3 is 1.80 bits per heavy atom. The SMILES string of the molecule is CCCCCCCCCCCCCCCCCC(=O)OC[C@H](COP(=O)(O)OCCN)OC(=O)CCCC=CCC=CCC=CC=C[C@@H](O)CCCCC. The van der Waals surface area contributed by atoms with E-state index in [0.717, 1.165) is 57.8 Å². The molecule has 0 aromatic heterocycles. The largest absolute Gasteiger partial charge is 0.472 e. The molecule has 0 aromatic rings. The van der Waals surface area contributed by atoms with Crippen LogP contribution < -0.4 is 5.73 Å². The fraction of sp³-hybridized carbons (Fsp3) is 0.767. The van der Waals surface area contributed by atoms with E-state index in [-0.39, 0.29) is 38.7 Å². The minimum atomic E-state index is -4.40. The molecule has 3 atom stereocenters. The number of esters is 2. The van der Waals surface area contributed by atoms with Crippen molar-refractivity contribution in [2.45, 2.75) is 187 Å². The first-order chi connectivity index (χ1) is 26.2. The molecular weight excluding hydrogens is 705 g/mol. The fourth-order valence-electron chi connectivity index (χ4n) is 5.62. The lowest BCUT2D eigenvalue weighted by Crippen LogP contribution is -2.29. The van der Waals surface area contributed by atoms with Crippen LogP contribution in [-0.2, 0) is 32.7 Å². The van der Waals surface area contributed by atoms with Gasteiger partial charge in [0.25, 0.3) is 0 Å². The first-order valence-electron chi connectivity index (χ1n) is 21.2. The van der Waals surface area contributed by atoms with Crippen LogP contribution in [-0.4, -0.2) is 60.5 Å². The van der Waals surface area contributed by atoms with E-state index in [1.165, 1.54) is 77.0 Å². The second-order valence-electron chi connectivity index (χ2n) is 14.1. The smallest absolute Gasteiger partial charge is 0.462 e. The number of nitrogens with two attached hydrogens (primary N) is 1. The van der Waals surface area contributed by atoms with Gasteiger partial charge in [0.1, 0.15) is 6.61 Å². The molecule has 0 aliphatic rings. The Labute approximate surface area is 329 Å². The summed E-state index contributed by atoms with van der Waals surface area (Å²) in [5.74, 6) is -0.919. The van der Waals surface area contributed by atoms with Gasteiger partial charge in [0.05, 0.1) is 19.3 Å². The van der Waals surface area contributed by atoms with E-state index < -0.39 is 32.5 Å². The summed E-state index contributed by atoms with van der Waals surface area (Å²) in [6.07, 6.45) is 40.4. The lowest BCUT2D eigenvalue weighted by atomic mass is 10.0. The molecule has 0 spiro atoms. The van der Waals surface area contributed by atoms with E-state index in [1.807, 2.05) is 36.5 Å². The van der Waals surface area contributed by atoms with Crippen LogP contribution in [0.25, 0.3) is 0 Å². The molecule has 0 aliphatic heterocycles. The second kappa shape index (κ2) is 39.2. The third kappa shape index (κ3) is 38.2. The van der Waals surface area contributed by atoms with E-state index in [4.69, 9.17) is 24.3 Å². The van der Waals surface area contributed by atoms with Crippen molar-refractivity contribution in [1.29, 1.82) is 0 Å². The van der Waals surface area contributed by atoms with Crippen LogP contribution >= 0.6 is 7.82 Å². The summed E-state index contributed by atoms with van der Waals surface area (Å²) in [6, 6.07) is 0. The van der Waals surface area contributed by atoms with Gasteiger partial charge in [-0.3, -0.25) is 18.6 Å². The Hall–Kier alpha value is -2.07. The number of aliphatic hydroxyl groups excluding tert-OH is 1. The topological polar surface area (TPSA) is 155 Å². The molecule has 4 N–H and O–H groups in total. The first kappa shape index (κ1) is 51.9. The second-order valence-corrected chi connectivity index (χ2v) is 15.5. The number of aliphatic hydroxyl groups is 1. The average Bonchev–Trinajstić information content (AvgIpc) is 3.15. The van der Waals surface area contributed by atoms with Gasteiger partial charge in [-0.15, -0.1) is 0 Å². The third-order valence-corrected chi connectivity index (χ3v) is 9.81. The molecule has 0 fully saturated rings. The molecule has 0 heterocycles. The van der Waals surface area contributed by atoms with E-state index in [9.17, 15) is 24.2 Å². The molecule has 10 nitrogen and oxygen atoms in total. The predicted molar refractivity (Wildman–Crippen MR) is 221 cm³/mol. The van der Waals surface area contributed by atoms with Crippen LogP contribution in [0.15, 0.2) is 48.6 Å². The number of hydrogen-bond donors (Lipinski definition) is 3. The zero-order valence-electron chi connectivity index (χ0n) is 34.1. The predicted octanol–water partition coefficient (Wildman–Crippen LogP) is 10.9. The molecule has 0 rings (SSSR count). The third-order valence-electron chi connectivity index (χ3n) is 8.82. The molecule has 0 amide bonds. The Balaban J connectivity index is 4.31. The minimum Gasteiger partial charge on any atom is -0.462 e. The Morgan fingerprint density at radius 2 is 1.19 bits per heavy atom. The lowest BCUT2D eigenvalue weighted by Gasteiger charge is -2.19. The Bertz CT molecular complexity index is 1050. The van der Waals surface area contributed by atoms with Gasteiger partial charge in [0.2, 0.25) is 0 Å². The van der Waals surface area contributed by atoms with Gasteiger partial charge in [0, 0.05) is 19.4 Å². The Kier molecular flexibility index (Phi) is 37.7. The first-order valence-corrected chi connectivity index (χ1v) is 22.7. The molecule has 0 bridgehead atoms. The van der Waals surface area contributed by atoms with Gasteiger partial charge in [-0.25, -0.2) is 4.57 Å². The van der Waals surface area contributed by atoms with Crippen molar-refractivity contribution >= 4 is 19.8 Å². The molecule has 54 heavy (non-hydrogen) atoms. The van der Waals surface area contributed by atoms with E-state index >= 15 is 0 Å². The average molecular weight is 784 g/mol. The molecule has 0 aromatic carbocycles. The standard InChI is InChI=1S/C43H78NO9P/c1-3-5-7-8-9-10-11-12-13-14-17-20-23-26-30-34-42(46)50-38-41(39-52-54(48,49)51-37-36-44)53-43(47)35-31-27-24-21-18-15-16-19-22-25-29-33-40(45)32-28-6-4-2/h15-16,21-22,24-25,29,33,40-41,45H,3-14,17-20,23,26-28,30-32,34-39,44H2,1-2H3,(H,48,49)/t40-,41+/m0/s1. The van der Waals surface area contributed by atoms with E-state index in [0.29, 0.717) is 12.8 Å². The summed E-state index contributed by atoms with van der Waals surface area (Å²) in [5, 5.41) is 9.89. The molecule has 0 aliphatic carbocycles. The highest BCUT2D eigenvalue weighted by Crippen LogP contribution is 2.43. The van der Waals surface area contributed by atoms with Crippen molar-refractivity contribution < 1.29 is 42.7 Å². The van der Waals surface area contributed by atoms with Gasteiger partial charge < -0.3 is 25.2 Å². The summed E-state index contributed by atoms with van der Waals surface area (Å²) in [7, 11) is -4.40. The summed E-state index contributed by atoms with van der Waals surface area (Å²) >= 11 is 0. The molecule has 1 unspecified atom stereocenters. The van der Waals surface area contributed by atoms with Crippen molar-refractivity contribution in [3.8, 4) is 0 Å². The van der Waals surface area contributed by atoms with Crippen molar-refractivity contribution in [2.24, 2.45) is 5.73 Å². The maximum absolute atomic E-state index is 12.5. The minimum absolute atomic E-state index is 0.0366. The molecular formula is C43H78NO9P. The molecule has 0 saturated heterocycles. The van der Waals surface area contributed by atoms with Gasteiger partial charge in [-0.05, 0) is 38.5 Å². The zero-order chi connectivity index (χ0) is 39.8. The summed E-state index contributed by atoms with van der Waals surface area (Å²) in [4.78, 5) is 34.8. The van der Waals surface area contributed by atoms with E-state index in [2.05, 4.69) is 26.0 Å². The quantitative estimate of drug-likeness (QED) is 0.0180. The van der Waals surface area contributed by atoms with Gasteiger partial charge in [0.15, 0.2) is 6.10 Å². The Morgan fingerprint density at radius 1 is 0.648 bits per heavy atom. The van der Waals surface area contributed by atoms with Crippen LogP contribution in [0.1, 0.15) is 174 Å². The fourth-order valence-corrected chi connectivity index (χ4v) is 6.38. The van der Waals surface area contributed by atoms with Crippen LogP contribution in [0.2, 0.25) is 0 Å². The molecule has 11 heteroatoms. The maximum Gasteiger partial charge on any atom is 0.472 e. The number of phosphoric acid groups is 1. The number of allylic oxidation sites excluding steroid dienone is 7. The highest BCUT2D eigenvalue weighted by atomic mass is 31.2. The number of phosphoric ester groups is 1. The molecule has 0 radical (unpaired) electrons. The molecule has 314 valence electrons. The zero-order valence-corrected chi connectivity index (χ0v) is 35.0. The number of ether oxygens (including phenoxy) is 2. The molecule has 0 saturated carbocycles. The van der Waals surface area contributed by atoms with Gasteiger partial charge in [-0.2, -0.15) is 0 Å². The summed E-state index contributed by atoms with van der Waals surface area (Å²) in [6.45, 7) is 3.53. The van der Waals surface area contributed by atoms with Crippen molar-refractivity contribution in [2.75, 3.05) is 26.4 Å². The van der Waals surface area contributed by atoms with Crippen molar-refractivity contribution in [3.05, 3.63) is 48.6 Å². The van der Waals surface area contributed by atoms with Crippen molar-refractivity contribution in [3.63, 3.8) is 0 Å². The maximum atomic E-state index is 12.5.